The Morgan fingerprint density at radius 1 is 0.529 bits per heavy atom. The van der Waals surface area contributed by atoms with Crippen LogP contribution in [0.25, 0.3) is 66.9 Å². The van der Waals surface area contributed by atoms with E-state index in [0.717, 1.165) is 28.5 Å². The van der Waals surface area contributed by atoms with Crippen molar-refractivity contribution in [1.82, 2.24) is 15.0 Å². The lowest BCUT2D eigenvalue weighted by molar-refractivity contribution is 0.635. The molecule has 3 aliphatic carbocycles. The first-order valence-corrected chi connectivity index (χ1v) is 17.8. The van der Waals surface area contributed by atoms with Gasteiger partial charge in [0.1, 0.15) is 0 Å². The summed E-state index contributed by atoms with van der Waals surface area (Å²) in [5.74, 6) is 2.38. The van der Waals surface area contributed by atoms with Crippen LogP contribution in [0, 0.1) is 5.92 Å². The van der Waals surface area contributed by atoms with E-state index in [-0.39, 0.29) is 5.41 Å². The van der Waals surface area contributed by atoms with Gasteiger partial charge in [0, 0.05) is 28.0 Å². The molecule has 10 rings (SSSR count). The van der Waals surface area contributed by atoms with Crippen LogP contribution in [0.1, 0.15) is 37.0 Å². The molecule has 0 bridgehead atoms. The minimum Gasteiger partial charge on any atom is -0.208 e. The third kappa shape index (κ3) is 4.84. The average Bonchev–Trinajstić information content (AvgIpc) is 3.43. The van der Waals surface area contributed by atoms with Crippen molar-refractivity contribution in [2.45, 2.75) is 25.7 Å². The molecule has 0 N–H and O–H groups in total. The van der Waals surface area contributed by atoms with E-state index < -0.39 is 0 Å². The van der Waals surface area contributed by atoms with Crippen LogP contribution in [0.3, 0.4) is 0 Å². The molecule has 0 aliphatic heterocycles. The summed E-state index contributed by atoms with van der Waals surface area (Å²) in [6.45, 7) is 4.78. The molecule has 51 heavy (non-hydrogen) atoms. The van der Waals surface area contributed by atoms with Crippen molar-refractivity contribution in [3.05, 3.63) is 186 Å². The molecule has 6 aromatic carbocycles. The maximum absolute atomic E-state index is 5.16. The Bertz CT molecular complexity index is 2690. The fraction of sp³-hybridized carbons (Fsp3) is 0.104. The zero-order valence-corrected chi connectivity index (χ0v) is 28.6. The Kier molecular flexibility index (Phi) is 6.66. The normalized spacial score (nSPS) is 17.2. The summed E-state index contributed by atoms with van der Waals surface area (Å²) in [5.41, 5.74) is 12.3. The molecule has 0 fully saturated rings. The second-order valence-electron chi connectivity index (χ2n) is 14.4. The predicted molar refractivity (Wildman–Crippen MR) is 211 cm³/mol. The Labute approximate surface area is 298 Å². The van der Waals surface area contributed by atoms with Crippen molar-refractivity contribution in [2.75, 3.05) is 0 Å². The van der Waals surface area contributed by atoms with Crippen molar-refractivity contribution < 1.29 is 0 Å². The van der Waals surface area contributed by atoms with Gasteiger partial charge in [0.2, 0.25) is 0 Å². The molecule has 0 saturated heterocycles. The van der Waals surface area contributed by atoms with Crippen LogP contribution in [-0.2, 0) is 5.41 Å². The quantitative estimate of drug-likeness (QED) is 0.190. The van der Waals surface area contributed by atoms with E-state index in [4.69, 9.17) is 15.0 Å². The fourth-order valence-corrected chi connectivity index (χ4v) is 8.49. The average molecular weight is 654 g/mol. The standard InChI is InChI=1S/C48H35N3/c1-48(2)42-29-38(47-50-45(32-14-4-3-5-15-32)49-46(51-47)37-23-21-31-13-7-9-17-34(31)27-37)24-25-40(42)43-41(28-35-18-10-11-19-39(35)44(43)48)36-22-20-30-12-6-8-16-33(30)26-36/h3-27,29,35H,28H2,1-2H3. The van der Waals surface area contributed by atoms with Gasteiger partial charge < -0.3 is 0 Å². The number of fused-ring (bicyclic) bond motifs is 6. The topological polar surface area (TPSA) is 38.7 Å². The Morgan fingerprint density at radius 3 is 1.80 bits per heavy atom. The lowest BCUT2D eigenvalue weighted by Crippen LogP contribution is -2.22. The zero-order valence-electron chi connectivity index (χ0n) is 28.6. The molecule has 0 saturated carbocycles. The van der Waals surface area contributed by atoms with Gasteiger partial charge >= 0.3 is 0 Å². The highest BCUT2D eigenvalue weighted by Gasteiger charge is 2.44. The van der Waals surface area contributed by atoms with Gasteiger partial charge in [0.15, 0.2) is 17.5 Å². The number of hydrogen-bond acceptors (Lipinski definition) is 3. The third-order valence-corrected chi connectivity index (χ3v) is 11.0. The van der Waals surface area contributed by atoms with Crippen LogP contribution >= 0.6 is 0 Å². The highest BCUT2D eigenvalue weighted by Crippen LogP contribution is 2.59. The second kappa shape index (κ2) is 11.4. The molecule has 0 radical (unpaired) electrons. The van der Waals surface area contributed by atoms with Crippen molar-refractivity contribution in [3.63, 3.8) is 0 Å². The van der Waals surface area contributed by atoms with Crippen LogP contribution in [0.2, 0.25) is 0 Å². The van der Waals surface area contributed by atoms with E-state index in [0.29, 0.717) is 23.4 Å². The summed E-state index contributed by atoms with van der Waals surface area (Å²) >= 11 is 0. The first kappa shape index (κ1) is 29.7. The summed E-state index contributed by atoms with van der Waals surface area (Å²) in [4.78, 5) is 15.3. The van der Waals surface area contributed by atoms with Crippen LogP contribution in [0.5, 0.6) is 0 Å². The molecule has 3 aliphatic rings. The minimum atomic E-state index is -0.219. The van der Waals surface area contributed by atoms with E-state index in [1.165, 1.54) is 55.1 Å². The SMILES string of the molecule is CC1(C)C2=C3C=CC=CC3CC(c3ccc4ccccc4c3)=C2c2ccc(-c3nc(-c4ccccc4)nc(-c4ccc5ccccc5c4)n3)cc21. The van der Waals surface area contributed by atoms with Crippen molar-refractivity contribution in [3.8, 4) is 34.2 Å². The third-order valence-electron chi connectivity index (χ3n) is 11.0. The molecule has 0 amide bonds. The smallest absolute Gasteiger partial charge is 0.164 e. The van der Waals surface area contributed by atoms with Gasteiger partial charge in [0.25, 0.3) is 0 Å². The number of allylic oxidation sites excluding steroid dienone is 8. The minimum absolute atomic E-state index is 0.219. The summed E-state index contributed by atoms with van der Waals surface area (Å²) in [5, 5.41) is 4.90. The van der Waals surface area contributed by atoms with E-state index in [1.807, 2.05) is 18.2 Å². The fourth-order valence-electron chi connectivity index (χ4n) is 8.49. The predicted octanol–water partition coefficient (Wildman–Crippen LogP) is 11.8. The van der Waals surface area contributed by atoms with Crippen LogP contribution in [-0.4, -0.2) is 15.0 Å². The summed E-state index contributed by atoms with van der Waals surface area (Å²) in [6, 6.07) is 47.6. The van der Waals surface area contributed by atoms with Gasteiger partial charge in [-0.05, 0) is 85.1 Å². The lowest BCUT2D eigenvalue weighted by Gasteiger charge is -2.34. The molecule has 242 valence electrons. The van der Waals surface area contributed by atoms with Gasteiger partial charge in [-0.2, -0.15) is 0 Å². The molecule has 3 heteroatoms. The molecule has 0 spiro atoms. The van der Waals surface area contributed by atoms with Crippen molar-refractivity contribution >= 4 is 32.7 Å². The second-order valence-corrected chi connectivity index (χ2v) is 14.4. The van der Waals surface area contributed by atoms with Crippen LogP contribution < -0.4 is 0 Å². The number of rotatable bonds is 4. The van der Waals surface area contributed by atoms with E-state index in [2.05, 4.69) is 153 Å². The molecular weight excluding hydrogens is 619 g/mol. The highest BCUT2D eigenvalue weighted by atomic mass is 15.0. The first-order chi connectivity index (χ1) is 25.0. The number of benzene rings is 6. The number of nitrogens with zero attached hydrogens (tertiary/aromatic N) is 3. The molecule has 1 atom stereocenters. The van der Waals surface area contributed by atoms with Crippen LogP contribution in [0.4, 0.5) is 0 Å². The number of hydrogen-bond donors (Lipinski definition) is 0. The van der Waals surface area contributed by atoms with Gasteiger partial charge in [-0.15, -0.1) is 0 Å². The molecule has 3 nitrogen and oxygen atoms in total. The van der Waals surface area contributed by atoms with Gasteiger partial charge in [-0.25, -0.2) is 15.0 Å². The maximum Gasteiger partial charge on any atom is 0.164 e. The monoisotopic (exact) mass is 653 g/mol. The Morgan fingerprint density at radius 2 is 1.10 bits per heavy atom. The zero-order chi connectivity index (χ0) is 34.1. The van der Waals surface area contributed by atoms with E-state index >= 15 is 0 Å². The molecular formula is C48H35N3. The Hall–Kier alpha value is -6.19. The summed E-state index contributed by atoms with van der Waals surface area (Å²) < 4.78 is 0. The van der Waals surface area contributed by atoms with E-state index in [9.17, 15) is 0 Å². The maximum atomic E-state index is 5.16. The van der Waals surface area contributed by atoms with Gasteiger partial charge in [-0.3, -0.25) is 0 Å². The molecule has 1 unspecified atom stereocenters. The highest BCUT2D eigenvalue weighted by molar-refractivity contribution is 6.07. The number of aromatic nitrogens is 3. The van der Waals surface area contributed by atoms with Gasteiger partial charge in [-0.1, -0.05) is 153 Å². The first-order valence-electron chi connectivity index (χ1n) is 17.8. The van der Waals surface area contributed by atoms with Crippen molar-refractivity contribution in [2.24, 2.45) is 5.92 Å². The molecule has 1 aromatic heterocycles. The summed E-state index contributed by atoms with van der Waals surface area (Å²) in [7, 11) is 0. The lowest BCUT2D eigenvalue weighted by atomic mass is 9.70. The van der Waals surface area contributed by atoms with Crippen molar-refractivity contribution in [1.29, 1.82) is 0 Å². The van der Waals surface area contributed by atoms with Gasteiger partial charge in [0.05, 0.1) is 0 Å². The Balaban J connectivity index is 1.17. The molecule has 1 heterocycles. The van der Waals surface area contributed by atoms with E-state index in [1.54, 1.807) is 0 Å². The largest absolute Gasteiger partial charge is 0.208 e. The van der Waals surface area contributed by atoms with Crippen LogP contribution in [0.15, 0.2) is 169 Å². The molecule has 7 aromatic rings. The summed E-state index contributed by atoms with van der Waals surface area (Å²) in [6.07, 6.45) is 10.1.